The average Bonchev–Trinajstić information content (AvgIpc) is 3.23. The molecule has 0 aromatic heterocycles. The molecule has 7 nitrogen and oxygen atoms in total. The van der Waals surface area contributed by atoms with Crippen LogP contribution in [0.15, 0.2) is 52.3 Å². The van der Waals surface area contributed by atoms with Crippen molar-refractivity contribution in [2.75, 3.05) is 13.1 Å². The van der Waals surface area contributed by atoms with Crippen LogP contribution in [0.4, 0.5) is 0 Å². The number of sulfonamides is 2. The van der Waals surface area contributed by atoms with E-state index in [1.165, 1.54) is 16.4 Å². The normalized spacial score (nSPS) is 15.7. The van der Waals surface area contributed by atoms with Gasteiger partial charge >= 0.3 is 0 Å². The molecule has 1 amide bonds. The summed E-state index contributed by atoms with van der Waals surface area (Å²) in [6.45, 7) is 8.51. The van der Waals surface area contributed by atoms with Crippen LogP contribution < -0.4 is 4.72 Å². The van der Waals surface area contributed by atoms with Crippen molar-refractivity contribution in [1.29, 1.82) is 0 Å². The Morgan fingerprint density at radius 1 is 0.935 bits per heavy atom. The molecular weight excluding hydrogens is 436 g/mol. The van der Waals surface area contributed by atoms with E-state index in [0.29, 0.717) is 18.7 Å². The Bertz CT molecular complexity index is 1190. The van der Waals surface area contributed by atoms with Crippen LogP contribution in [0.5, 0.6) is 0 Å². The number of hydrogen-bond donors (Lipinski definition) is 1. The second-order valence-electron chi connectivity index (χ2n) is 8.80. The fourth-order valence-electron chi connectivity index (χ4n) is 3.47. The number of rotatable bonds is 5. The highest BCUT2D eigenvalue weighted by Crippen LogP contribution is 2.26. The number of nitrogens with zero attached hydrogens (tertiary/aromatic N) is 1. The van der Waals surface area contributed by atoms with Crippen molar-refractivity contribution in [2.45, 2.75) is 55.7 Å². The lowest BCUT2D eigenvalue weighted by Crippen LogP contribution is -2.32. The Morgan fingerprint density at radius 2 is 1.52 bits per heavy atom. The number of hydrogen-bond acceptors (Lipinski definition) is 5. The smallest absolute Gasteiger partial charge is 0.264 e. The maximum absolute atomic E-state index is 12.9. The van der Waals surface area contributed by atoms with Crippen LogP contribution in [0.2, 0.25) is 0 Å². The number of amides is 1. The molecule has 0 saturated carbocycles. The van der Waals surface area contributed by atoms with Gasteiger partial charge in [-0.3, -0.25) is 4.79 Å². The predicted molar refractivity (Wildman–Crippen MR) is 119 cm³/mol. The third-order valence-corrected chi connectivity index (χ3v) is 8.76. The van der Waals surface area contributed by atoms with Crippen LogP contribution in [-0.4, -0.2) is 40.1 Å². The van der Waals surface area contributed by atoms with Gasteiger partial charge in [-0.2, -0.15) is 4.31 Å². The SMILES string of the molecule is Cc1ccc(S(=O)(=O)N2CCCC2)cc1S(=O)(=O)NC(=O)c1ccc(C(C)(C)C)cc1. The highest BCUT2D eigenvalue weighted by atomic mass is 32.2. The van der Waals surface area contributed by atoms with Gasteiger partial charge in [0, 0.05) is 18.7 Å². The summed E-state index contributed by atoms with van der Waals surface area (Å²) < 4.78 is 54.9. The molecule has 1 fully saturated rings. The van der Waals surface area contributed by atoms with Crippen LogP contribution >= 0.6 is 0 Å². The first-order valence-corrected chi connectivity index (χ1v) is 13.0. The molecule has 1 N–H and O–H groups in total. The monoisotopic (exact) mass is 464 g/mol. The minimum absolute atomic E-state index is 0.0950. The van der Waals surface area contributed by atoms with Gasteiger partial charge in [0.05, 0.1) is 9.79 Å². The van der Waals surface area contributed by atoms with E-state index in [-0.39, 0.29) is 20.8 Å². The molecule has 0 unspecified atom stereocenters. The van der Waals surface area contributed by atoms with E-state index >= 15 is 0 Å². The van der Waals surface area contributed by atoms with Crippen molar-refractivity contribution in [3.63, 3.8) is 0 Å². The Labute approximate surface area is 184 Å². The van der Waals surface area contributed by atoms with E-state index in [1.54, 1.807) is 31.2 Å². The third-order valence-electron chi connectivity index (χ3n) is 5.39. The molecule has 0 atom stereocenters. The van der Waals surface area contributed by atoms with Gasteiger partial charge in [-0.05, 0) is 60.6 Å². The van der Waals surface area contributed by atoms with Crippen LogP contribution in [0.1, 0.15) is 55.1 Å². The van der Waals surface area contributed by atoms with Crippen LogP contribution in [0, 0.1) is 6.92 Å². The van der Waals surface area contributed by atoms with E-state index in [2.05, 4.69) is 4.72 Å². The summed E-state index contributed by atoms with van der Waals surface area (Å²) in [5.74, 6) is -0.771. The molecule has 1 aliphatic heterocycles. The molecule has 0 bridgehead atoms. The van der Waals surface area contributed by atoms with Crippen LogP contribution in [-0.2, 0) is 25.5 Å². The maximum Gasteiger partial charge on any atom is 0.264 e. The van der Waals surface area contributed by atoms with Gasteiger partial charge in [-0.15, -0.1) is 0 Å². The van der Waals surface area contributed by atoms with Crippen LogP contribution in [0.3, 0.4) is 0 Å². The summed E-state index contributed by atoms with van der Waals surface area (Å²) >= 11 is 0. The fourth-order valence-corrected chi connectivity index (χ4v) is 6.33. The first kappa shape index (κ1) is 23.4. The number of aryl methyl sites for hydroxylation is 1. The highest BCUT2D eigenvalue weighted by molar-refractivity contribution is 7.90. The Morgan fingerprint density at radius 3 is 2.06 bits per heavy atom. The van der Waals surface area contributed by atoms with Crippen molar-refractivity contribution in [3.05, 3.63) is 59.2 Å². The molecular formula is C22H28N2O5S2. The Hall–Kier alpha value is -2.23. The second kappa shape index (κ2) is 8.37. The van der Waals surface area contributed by atoms with E-state index in [1.807, 2.05) is 20.8 Å². The van der Waals surface area contributed by atoms with Crippen molar-refractivity contribution in [3.8, 4) is 0 Å². The van der Waals surface area contributed by atoms with Gasteiger partial charge in [0.15, 0.2) is 0 Å². The van der Waals surface area contributed by atoms with Crippen molar-refractivity contribution >= 4 is 26.0 Å². The fraction of sp³-hybridized carbons (Fsp3) is 0.409. The molecule has 1 heterocycles. The summed E-state index contributed by atoms with van der Waals surface area (Å²) in [6, 6.07) is 10.7. The molecule has 0 radical (unpaired) electrons. The minimum atomic E-state index is -4.27. The summed E-state index contributed by atoms with van der Waals surface area (Å²) in [4.78, 5) is 12.3. The molecule has 1 saturated heterocycles. The largest absolute Gasteiger partial charge is 0.268 e. The number of benzene rings is 2. The zero-order chi connectivity index (χ0) is 23.0. The lowest BCUT2D eigenvalue weighted by Gasteiger charge is -2.19. The molecule has 1 aliphatic rings. The quantitative estimate of drug-likeness (QED) is 0.732. The minimum Gasteiger partial charge on any atom is -0.268 e. The van der Waals surface area contributed by atoms with E-state index < -0.39 is 26.0 Å². The van der Waals surface area contributed by atoms with Crippen LogP contribution in [0.25, 0.3) is 0 Å². The number of carbonyl (C=O) groups excluding carboxylic acids is 1. The molecule has 31 heavy (non-hydrogen) atoms. The zero-order valence-electron chi connectivity index (χ0n) is 18.2. The molecule has 2 aromatic carbocycles. The molecule has 2 aromatic rings. The second-order valence-corrected chi connectivity index (χ2v) is 12.4. The summed E-state index contributed by atoms with van der Waals surface area (Å²) in [7, 11) is -8.05. The van der Waals surface area contributed by atoms with Gasteiger partial charge in [0.2, 0.25) is 10.0 Å². The van der Waals surface area contributed by atoms with Crippen molar-refractivity contribution in [1.82, 2.24) is 9.03 Å². The maximum atomic E-state index is 12.9. The summed E-state index contributed by atoms with van der Waals surface area (Å²) in [5, 5.41) is 0. The van der Waals surface area contributed by atoms with Crippen molar-refractivity contribution < 1.29 is 21.6 Å². The van der Waals surface area contributed by atoms with Gasteiger partial charge in [-0.1, -0.05) is 39.0 Å². The topological polar surface area (TPSA) is 101 Å². The lowest BCUT2D eigenvalue weighted by atomic mass is 9.87. The lowest BCUT2D eigenvalue weighted by molar-refractivity contribution is 0.0981. The van der Waals surface area contributed by atoms with E-state index in [4.69, 9.17) is 0 Å². The summed E-state index contributed by atoms with van der Waals surface area (Å²) in [5.41, 5.74) is 1.47. The zero-order valence-corrected chi connectivity index (χ0v) is 19.8. The molecule has 9 heteroatoms. The first-order valence-electron chi connectivity index (χ1n) is 10.1. The van der Waals surface area contributed by atoms with Gasteiger partial charge in [0.1, 0.15) is 0 Å². The Balaban J connectivity index is 1.88. The first-order chi connectivity index (χ1) is 14.3. The third kappa shape index (κ3) is 4.99. The molecule has 3 rings (SSSR count). The Kier molecular flexibility index (Phi) is 6.32. The van der Waals surface area contributed by atoms with Gasteiger partial charge in [-0.25, -0.2) is 21.6 Å². The number of nitrogens with one attached hydrogen (secondary N) is 1. The molecule has 168 valence electrons. The standard InChI is InChI=1S/C22H28N2O5S2/c1-16-7-12-19(31(28,29)24-13-5-6-14-24)15-20(16)30(26,27)23-21(25)17-8-10-18(11-9-17)22(2,3)4/h7-12,15H,5-6,13-14H2,1-4H3,(H,23,25). The van der Waals surface area contributed by atoms with E-state index in [0.717, 1.165) is 24.5 Å². The average molecular weight is 465 g/mol. The molecule has 0 spiro atoms. The van der Waals surface area contributed by atoms with E-state index in [9.17, 15) is 21.6 Å². The highest BCUT2D eigenvalue weighted by Gasteiger charge is 2.29. The van der Waals surface area contributed by atoms with Gasteiger partial charge < -0.3 is 0 Å². The number of carbonyl (C=O) groups is 1. The molecule has 0 aliphatic carbocycles. The predicted octanol–water partition coefficient (Wildman–Crippen LogP) is 3.20. The van der Waals surface area contributed by atoms with Gasteiger partial charge in [0.25, 0.3) is 15.9 Å². The van der Waals surface area contributed by atoms with Crippen molar-refractivity contribution in [2.24, 2.45) is 0 Å². The summed E-state index contributed by atoms with van der Waals surface area (Å²) in [6.07, 6.45) is 1.56.